The summed E-state index contributed by atoms with van der Waals surface area (Å²) < 4.78 is 37.3. The third kappa shape index (κ3) is 6.38. The van der Waals surface area contributed by atoms with Crippen molar-refractivity contribution in [2.24, 2.45) is 0 Å². The fraction of sp³-hybridized carbons (Fsp3) is 0.300. The Kier molecular flexibility index (Phi) is 6.45. The van der Waals surface area contributed by atoms with E-state index in [1.807, 2.05) is 6.92 Å². The molecule has 0 saturated carbocycles. The zero-order valence-corrected chi connectivity index (χ0v) is 17.0. The summed E-state index contributed by atoms with van der Waals surface area (Å²) in [5, 5.41) is 0. The van der Waals surface area contributed by atoms with Crippen molar-refractivity contribution in [3.05, 3.63) is 59.7 Å². The highest BCUT2D eigenvalue weighted by Crippen LogP contribution is 2.17. The quantitative estimate of drug-likeness (QED) is 0.741. The van der Waals surface area contributed by atoms with E-state index in [9.17, 15) is 18.0 Å². The Hall–Kier alpha value is -2.87. The van der Waals surface area contributed by atoms with Crippen molar-refractivity contribution in [3.63, 3.8) is 0 Å². The van der Waals surface area contributed by atoms with E-state index in [4.69, 9.17) is 9.47 Å². The molecule has 7 nitrogen and oxygen atoms in total. The highest BCUT2D eigenvalue weighted by molar-refractivity contribution is 7.92. The second kappa shape index (κ2) is 8.43. The standard InChI is InChI=1S/C20H23NO6S/c1-14-5-9-16(10-6-14)21-28(24,25)17-11-7-15(8-12-17)19(23)26-13-18(22)27-20(2,3)4/h5-12,21H,13H2,1-4H3. The molecule has 2 aromatic rings. The Balaban J connectivity index is 2.00. The summed E-state index contributed by atoms with van der Waals surface area (Å²) >= 11 is 0. The molecule has 2 rings (SSSR count). The van der Waals surface area contributed by atoms with E-state index in [2.05, 4.69) is 4.72 Å². The lowest BCUT2D eigenvalue weighted by Gasteiger charge is -2.19. The van der Waals surface area contributed by atoms with Gasteiger partial charge in [0, 0.05) is 5.69 Å². The highest BCUT2D eigenvalue weighted by Gasteiger charge is 2.19. The number of carbonyl (C=O) groups is 2. The molecule has 0 aliphatic rings. The first-order valence-electron chi connectivity index (χ1n) is 8.55. The van der Waals surface area contributed by atoms with Crippen molar-refractivity contribution in [1.29, 1.82) is 0 Å². The predicted octanol–water partition coefficient (Wildman–Crippen LogP) is 3.29. The van der Waals surface area contributed by atoms with Crippen LogP contribution in [0.15, 0.2) is 53.4 Å². The zero-order valence-electron chi connectivity index (χ0n) is 16.2. The average molecular weight is 405 g/mol. The molecule has 8 heteroatoms. The molecule has 0 fully saturated rings. The van der Waals surface area contributed by atoms with Crippen LogP contribution in [0.3, 0.4) is 0 Å². The predicted molar refractivity (Wildman–Crippen MR) is 105 cm³/mol. The molecule has 0 amide bonds. The van der Waals surface area contributed by atoms with E-state index in [-0.39, 0.29) is 10.5 Å². The molecule has 0 heterocycles. The summed E-state index contributed by atoms with van der Waals surface area (Å²) in [5.74, 6) is -1.41. The molecule has 0 aliphatic heterocycles. The smallest absolute Gasteiger partial charge is 0.344 e. The molecular weight excluding hydrogens is 382 g/mol. The molecule has 0 bridgehead atoms. The second-order valence-electron chi connectivity index (χ2n) is 7.16. The van der Waals surface area contributed by atoms with Crippen LogP contribution < -0.4 is 4.72 Å². The second-order valence-corrected chi connectivity index (χ2v) is 8.84. The van der Waals surface area contributed by atoms with Crippen molar-refractivity contribution in [1.82, 2.24) is 0 Å². The van der Waals surface area contributed by atoms with Gasteiger partial charge in [-0.1, -0.05) is 17.7 Å². The number of hydrogen-bond donors (Lipinski definition) is 1. The fourth-order valence-corrected chi connectivity index (χ4v) is 3.24. The van der Waals surface area contributed by atoms with Gasteiger partial charge in [-0.3, -0.25) is 4.72 Å². The van der Waals surface area contributed by atoms with Crippen molar-refractivity contribution < 1.29 is 27.5 Å². The molecule has 150 valence electrons. The van der Waals surface area contributed by atoms with E-state index in [1.54, 1.807) is 45.0 Å². The zero-order chi connectivity index (χ0) is 20.9. The third-order valence-electron chi connectivity index (χ3n) is 3.45. The molecule has 0 radical (unpaired) electrons. The average Bonchev–Trinajstić information content (AvgIpc) is 2.60. The lowest BCUT2D eigenvalue weighted by molar-refractivity contribution is -0.158. The minimum absolute atomic E-state index is 0.00299. The number of rotatable bonds is 6. The van der Waals surface area contributed by atoms with Crippen LogP contribution in [0.2, 0.25) is 0 Å². The van der Waals surface area contributed by atoms with Crippen molar-refractivity contribution in [3.8, 4) is 0 Å². The largest absolute Gasteiger partial charge is 0.457 e. The molecule has 0 saturated heterocycles. The normalized spacial score (nSPS) is 11.6. The topological polar surface area (TPSA) is 98.8 Å². The number of hydrogen-bond acceptors (Lipinski definition) is 6. The first kappa shape index (κ1) is 21.4. The SMILES string of the molecule is Cc1ccc(NS(=O)(=O)c2ccc(C(=O)OCC(=O)OC(C)(C)C)cc2)cc1. The highest BCUT2D eigenvalue weighted by atomic mass is 32.2. The van der Waals surface area contributed by atoms with E-state index in [1.165, 1.54) is 24.3 Å². The number of benzene rings is 2. The van der Waals surface area contributed by atoms with Crippen LogP contribution >= 0.6 is 0 Å². The number of sulfonamides is 1. The molecule has 0 unspecified atom stereocenters. The van der Waals surface area contributed by atoms with E-state index in [0.717, 1.165) is 5.56 Å². The Morgan fingerprint density at radius 1 is 0.964 bits per heavy atom. The summed E-state index contributed by atoms with van der Waals surface area (Å²) in [6.07, 6.45) is 0. The summed E-state index contributed by atoms with van der Waals surface area (Å²) in [6, 6.07) is 12.1. The monoisotopic (exact) mass is 405 g/mol. The Morgan fingerprint density at radius 2 is 1.54 bits per heavy atom. The summed E-state index contributed by atoms with van der Waals surface area (Å²) in [6.45, 7) is 6.49. The fourth-order valence-electron chi connectivity index (χ4n) is 2.18. The van der Waals surface area contributed by atoms with Crippen molar-refractivity contribution in [2.75, 3.05) is 11.3 Å². The summed E-state index contributed by atoms with van der Waals surface area (Å²) in [5.41, 5.74) is 0.894. The minimum Gasteiger partial charge on any atom is -0.457 e. The van der Waals surface area contributed by atoms with Gasteiger partial charge in [0.15, 0.2) is 6.61 Å². The first-order chi connectivity index (χ1) is 13.0. The lowest BCUT2D eigenvalue weighted by atomic mass is 10.2. The Bertz CT molecular complexity index is 942. The van der Waals surface area contributed by atoms with Gasteiger partial charge in [-0.25, -0.2) is 18.0 Å². The number of carbonyl (C=O) groups excluding carboxylic acids is 2. The van der Waals surface area contributed by atoms with Gasteiger partial charge in [0.25, 0.3) is 10.0 Å². The van der Waals surface area contributed by atoms with Crippen LogP contribution in [0.1, 0.15) is 36.7 Å². The van der Waals surface area contributed by atoms with Crippen LogP contribution in [-0.2, 0) is 24.3 Å². The molecule has 0 spiro atoms. The van der Waals surface area contributed by atoms with Crippen LogP contribution in [0.5, 0.6) is 0 Å². The number of esters is 2. The van der Waals surface area contributed by atoms with Gasteiger partial charge in [0.05, 0.1) is 10.5 Å². The molecule has 0 aromatic heterocycles. The Labute approximate surface area is 164 Å². The third-order valence-corrected chi connectivity index (χ3v) is 4.84. The Morgan fingerprint density at radius 3 is 2.07 bits per heavy atom. The van der Waals surface area contributed by atoms with Gasteiger partial charge in [0.1, 0.15) is 5.60 Å². The molecule has 0 atom stereocenters. The molecule has 0 aliphatic carbocycles. The van der Waals surface area contributed by atoms with E-state index >= 15 is 0 Å². The van der Waals surface area contributed by atoms with Gasteiger partial charge in [-0.2, -0.15) is 0 Å². The summed E-state index contributed by atoms with van der Waals surface area (Å²) in [4.78, 5) is 23.6. The minimum atomic E-state index is -3.79. The van der Waals surface area contributed by atoms with Gasteiger partial charge in [0.2, 0.25) is 0 Å². The maximum atomic E-state index is 12.4. The molecule has 1 N–H and O–H groups in total. The van der Waals surface area contributed by atoms with Crippen molar-refractivity contribution >= 4 is 27.6 Å². The molecular formula is C20H23NO6S. The number of ether oxygens (including phenoxy) is 2. The van der Waals surface area contributed by atoms with Crippen molar-refractivity contribution in [2.45, 2.75) is 38.2 Å². The summed E-state index contributed by atoms with van der Waals surface area (Å²) in [7, 11) is -3.79. The first-order valence-corrected chi connectivity index (χ1v) is 10.0. The van der Waals surface area contributed by atoms with Gasteiger partial charge >= 0.3 is 11.9 Å². The maximum Gasteiger partial charge on any atom is 0.344 e. The lowest BCUT2D eigenvalue weighted by Crippen LogP contribution is -2.27. The van der Waals surface area contributed by atoms with Crippen LogP contribution in [-0.4, -0.2) is 32.6 Å². The van der Waals surface area contributed by atoms with Crippen LogP contribution in [0.25, 0.3) is 0 Å². The van der Waals surface area contributed by atoms with Crippen LogP contribution in [0, 0.1) is 6.92 Å². The molecule has 2 aromatic carbocycles. The van der Waals surface area contributed by atoms with Crippen LogP contribution in [0.4, 0.5) is 5.69 Å². The van der Waals surface area contributed by atoms with Gasteiger partial charge < -0.3 is 9.47 Å². The van der Waals surface area contributed by atoms with E-state index in [0.29, 0.717) is 5.69 Å². The number of nitrogens with one attached hydrogen (secondary N) is 1. The van der Waals surface area contributed by atoms with Gasteiger partial charge in [-0.15, -0.1) is 0 Å². The number of anilines is 1. The maximum absolute atomic E-state index is 12.4. The number of aryl methyl sites for hydroxylation is 1. The molecule has 28 heavy (non-hydrogen) atoms. The van der Waals surface area contributed by atoms with E-state index < -0.39 is 34.2 Å². The van der Waals surface area contributed by atoms with Gasteiger partial charge in [-0.05, 0) is 64.1 Å².